The highest BCUT2D eigenvalue weighted by Gasteiger charge is 2.17. The molecule has 0 aliphatic rings. The molecule has 1 aromatic rings. The monoisotopic (exact) mass is 208 g/mol. The van der Waals surface area contributed by atoms with Gasteiger partial charge in [0.15, 0.2) is 0 Å². The average molecular weight is 208 g/mol. The second-order valence-electron chi connectivity index (χ2n) is 4.19. The van der Waals surface area contributed by atoms with Gasteiger partial charge in [-0.3, -0.25) is 0 Å². The van der Waals surface area contributed by atoms with Gasteiger partial charge < -0.3 is 5.11 Å². The van der Waals surface area contributed by atoms with E-state index in [0.29, 0.717) is 5.92 Å². The largest absolute Gasteiger partial charge is 0.396 e. The number of rotatable bonds is 5. The molecule has 0 aliphatic heterocycles. The van der Waals surface area contributed by atoms with Crippen LogP contribution in [0.25, 0.3) is 0 Å². The number of hydrogen-bond donors (Lipinski definition) is 1. The highest BCUT2D eigenvalue weighted by Crippen LogP contribution is 2.20. The first-order valence-electron chi connectivity index (χ1n) is 5.61. The molecule has 0 amide bonds. The lowest BCUT2D eigenvalue weighted by Gasteiger charge is -2.16. The topological polar surface area (TPSA) is 46.0 Å². The van der Waals surface area contributed by atoms with E-state index in [0.717, 1.165) is 24.4 Å². The zero-order valence-corrected chi connectivity index (χ0v) is 9.77. The molecule has 15 heavy (non-hydrogen) atoms. The summed E-state index contributed by atoms with van der Waals surface area (Å²) in [5.41, 5.74) is 1.07. The van der Waals surface area contributed by atoms with E-state index in [4.69, 9.17) is 0 Å². The zero-order valence-electron chi connectivity index (χ0n) is 9.77. The first-order chi connectivity index (χ1) is 7.19. The molecule has 1 rings (SSSR count). The van der Waals surface area contributed by atoms with Crippen molar-refractivity contribution in [1.29, 1.82) is 0 Å². The van der Waals surface area contributed by atoms with E-state index in [9.17, 15) is 5.11 Å². The van der Waals surface area contributed by atoms with Gasteiger partial charge in [-0.1, -0.05) is 27.2 Å². The van der Waals surface area contributed by atoms with Crippen LogP contribution in [0, 0.1) is 5.92 Å². The zero-order chi connectivity index (χ0) is 11.3. The molecule has 0 radical (unpaired) electrons. The smallest absolute Gasteiger partial charge is 0.134 e. The number of aliphatic hydroxyl groups excluding tert-OH is 1. The second kappa shape index (κ2) is 5.81. The Morgan fingerprint density at radius 1 is 1.40 bits per heavy atom. The van der Waals surface area contributed by atoms with Gasteiger partial charge in [0.25, 0.3) is 0 Å². The number of aromatic nitrogens is 2. The number of aryl methyl sites for hydroxylation is 1. The van der Waals surface area contributed by atoms with E-state index >= 15 is 0 Å². The van der Waals surface area contributed by atoms with Crippen molar-refractivity contribution in [3.8, 4) is 0 Å². The van der Waals surface area contributed by atoms with Gasteiger partial charge in [-0.25, -0.2) is 9.97 Å². The third-order valence-corrected chi connectivity index (χ3v) is 2.57. The van der Waals surface area contributed by atoms with Gasteiger partial charge in [0.2, 0.25) is 0 Å². The Hall–Kier alpha value is -0.960. The molecule has 0 saturated heterocycles. The molecule has 0 fully saturated rings. The molecule has 1 N–H and O–H groups in total. The maximum absolute atomic E-state index is 9.29. The maximum Gasteiger partial charge on any atom is 0.134 e. The first-order valence-corrected chi connectivity index (χ1v) is 5.61. The Balaban J connectivity index is 2.87. The van der Waals surface area contributed by atoms with Crippen molar-refractivity contribution in [2.24, 2.45) is 5.92 Å². The summed E-state index contributed by atoms with van der Waals surface area (Å²) in [4.78, 5) is 8.73. The molecule has 1 aromatic heterocycles. The van der Waals surface area contributed by atoms with Crippen molar-refractivity contribution in [2.45, 2.75) is 39.5 Å². The molecule has 3 heteroatoms. The van der Waals surface area contributed by atoms with Crippen LogP contribution in [0.1, 0.15) is 44.6 Å². The van der Waals surface area contributed by atoms with Crippen LogP contribution in [0.15, 0.2) is 12.3 Å². The predicted molar refractivity (Wildman–Crippen MR) is 60.7 cm³/mol. The SMILES string of the molecule is CCCc1ccnc(C(CO)C(C)C)n1. The molecule has 3 nitrogen and oxygen atoms in total. The lowest BCUT2D eigenvalue weighted by molar-refractivity contribution is 0.231. The van der Waals surface area contributed by atoms with Crippen LogP contribution in [-0.4, -0.2) is 21.7 Å². The Bertz CT molecular complexity index is 299. The van der Waals surface area contributed by atoms with Gasteiger partial charge in [0.05, 0.1) is 6.61 Å². The standard InChI is InChI=1S/C12H20N2O/c1-4-5-10-6-7-13-12(14-10)11(8-15)9(2)3/h6-7,9,11,15H,4-5,8H2,1-3H3. The molecule has 1 unspecified atom stereocenters. The molecule has 84 valence electrons. The number of aliphatic hydroxyl groups is 1. The minimum Gasteiger partial charge on any atom is -0.396 e. The van der Waals surface area contributed by atoms with Crippen molar-refractivity contribution < 1.29 is 5.11 Å². The van der Waals surface area contributed by atoms with Crippen molar-refractivity contribution in [2.75, 3.05) is 6.61 Å². The first kappa shape index (κ1) is 12.1. The van der Waals surface area contributed by atoms with Crippen LogP contribution in [0.2, 0.25) is 0 Å². The maximum atomic E-state index is 9.29. The molecule has 0 aromatic carbocycles. The molecule has 1 heterocycles. The highest BCUT2D eigenvalue weighted by molar-refractivity contribution is 5.06. The van der Waals surface area contributed by atoms with Crippen LogP contribution < -0.4 is 0 Å². The number of nitrogens with zero attached hydrogens (tertiary/aromatic N) is 2. The van der Waals surface area contributed by atoms with E-state index in [1.807, 2.05) is 6.07 Å². The van der Waals surface area contributed by atoms with Crippen LogP contribution in [-0.2, 0) is 6.42 Å². The predicted octanol–water partition coefficient (Wildman–Crippen LogP) is 2.16. The minimum absolute atomic E-state index is 0.0572. The van der Waals surface area contributed by atoms with Crippen LogP contribution in [0.3, 0.4) is 0 Å². The number of hydrogen-bond acceptors (Lipinski definition) is 3. The van der Waals surface area contributed by atoms with Crippen molar-refractivity contribution in [1.82, 2.24) is 9.97 Å². The van der Waals surface area contributed by atoms with Gasteiger partial charge in [-0.05, 0) is 18.4 Å². The molecule has 0 bridgehead atoms. The summed E-state index contributed by atoms with van der Waals surface area (Å²) in [5, 5.41) is 9.29. The molecule has 1 atom stereocenters. The van der Waals surface area contributed by atoms with Gasteiger partial charge in [0.1, 0.15) is 5.82 Å². The Morgan fingerprint density at radius 2 is 2.13 bits per heavy atom. The average Bonchev–Trinajstić information content (AvgIpc) is 2.19. The fourth-order valence-corrected chi connectivity index (χ4v) is 1.58. The summed E-state index contributed by atoms with van der Waals surface area (Å²) < 4.78 is 0. The summed E-state index contributed by atoms with van der Waals surface area (Å²) in [6, 6.07) is 1.95. The van der Waals surface area contributed by atoms with Gasteiger partial charge >= 0.3 is 0 Å². The lowest BCUT2D eigenvalue weighted by atomic mass is 9.96. The van der Waals surface area contributed by atoms with E-state index in [-0.39, 0.29) is 12.5 Å². The van der Waals surface area contributed by atoms with Crippen molar-refractivity contribution in [3.63, 3.8) is 0 Å². The van der Waals surface area contributed by atoms with Gasteiger partial charge in [0, 0.05) is 17.8 Å². The minimum atomic E-state index is 0.0572. The molecule has 0 spiro atoms. The highest BCUT2D eigenvalue weighted by atomic mass is 16.3. The molecular weight excluding hydrogens is 188 g/mol. The molecule has 0 saturated carbocycles. The van der Waals surface area contributed by atoms with Crippen molar-refractivity contribution in [3.05, 3.63) is 23.8 Å². The quantitative estimate of drug-likeness (QED) is 0.806. The normalized spacial score (nSPS) is 13.1. The molecular formula is C12H20N2O. The van der Waals surface area contributed by atoms with Crippen LogP contribution in [0.4, 0.5) is 0 Å². The van der Waals surface area contributed by atoms with E-state index in [2.05, 4.69) is 30.7 Å². The van der Waals surface area contributed by atoms with Crippen molar-refractivity contribution >= 4 is 0 Å². The second-order valence-corrected chi connectivity index (χ2v) is 4.19. The third kappa shape index (κ3) is 3.27. The van der Waals surface area contributed by atoms with E-state index < -0.39 is 0 Å². The summed E-state index contributed by atoms with van der Waals surface area (Å²) in [6.07, 6.45) is 3.85. The fourth-order valence-electron chi connectivity index (χ4n) is 1.58. The van der Waals surface area contributed by atoms with E-state index in [1.165, 1.54) is 0 Å². The van der Waals surface area contributed by atoms with Crippen LogP contribution in [0.5, 0.6) is 0 Å². The summed E-state index contributed by atoms with van der Waals surface area (Å²) in [5.74, 6) is 1.20. The van der Waals surface area contributed by atoms with Gasteiger partial charge in [-0.2, -0.15) is 0 Å². The van der Waals surface area contributed by atoms with Crippen LogP contribution >= 0.6 is 0 Å². The Kier molecular flexibility index (Phi) is 4.69. The summed E-state index contributed by atoms with van der Waals surface area (Å²) in [7, 11) is 0. The Morgan fingerprint density at radius 3 is 2.67 bits per heavy atom. The van der Waals surface area contributed by atoms with E-state index in [1.54, 1.807) is 6.20 Å². The Labute approximate surface area is 91.6 Å². The molecule has 0 aliphatic carbocycles. The summed E-state index contributed by atoms with van der Waals surface area (Å²) in [6.45, 7) is 6.41. The fraction of sp³-hybridized carbons (Fsp3) is 0.667. The summed E-state index contributed by atoms with van der Waals surface area (Å²) >= 11 is 0. The van der Waals surface area contributed by atoms with Gasteiger partial charge in [-0.15, -0.1) is 0 Å². The lowest BCUT2D eigenvalue weighted by Crippen LogP contribution is -2.15. The third-order valence-electron chi connectivity index (χ3n) is 2.57.